The lowest BCUT2D eigenvalue weighted by Gasteiger charge is -2.24. The molecule has 5 rings (SSSR count). The Morgan fingerprint density at radius 2 is 1.97 bits per heavy atom. The van der Waals surface area contributed by atoms with Gasteiger partial charge in [-0.1, -0.05) is 12.8 Å². The molecular formula is C21H31ClN5O4PS. The molecular weight excluding hydrogens is 485 g/mol. The molecule has 3 fully saturated rings. The molecule has 0 bridgehead atoms. The average Bonchev–Trinajstić information content (AvgIpc) is 3.46. The lowest BCUT2D eigenvalue weighted by molar-refractivity contribution is -0.195. The minimum absolute atomic E-state index is 0.164. The Kier molecular flexibility index (Phi) is 6.46. The summed E-state index contributed by atoms with van der Waals surface area (Å²) in [7, 11) is -2.12. The van der Waals surface area contributed by atoms with Crippen LogP contribution >= 0.6 is 30.5 Å². The van der Waals surface area contributed by atoms with Crippen molar-refractivity contribution in [3.05, 3.63) is 11.5 Å². The Morgan fingerprint density at radius 1 is 1.24 bits per heavy atom. The first-order valence-corrected chi connectivity index (χ1v) is 15.7. The molecule has 182 valence electrons. The van der Waals surface area contributed by atoms with Crippen LogP contribution < -0.4 is 5.32 Å². The highest BCUT2D eigenvalue weighted by atomic mass is 35.5. The molecule has 12 heteroatoms. The molecule has 1 N–H and O–H groups in total. The number of nitrogens with one attached hydrogen (secondary N) is 1. The zero-order valence-electron chi connectivity index (χ0n) is 19.4. The SMILES string of the molecule is CC1(C)O[C@@H]2[C@H](O1)[C@@H](CSCP(C)(C)=O)O[C@H]2n1ncc2c(NC3CCCC3)nc(Cl)nc21. The average molecular weight is 516 g/mol. The molecule has 2 aromatic heterocycles. The zero-order chi connectivity index (χ0) is 23.4. The van der Waals surface area contributed by atoms with Gasteiger partial charge in [-0.25, -0.2) is 4.68 Å². The molecule has 1 aliphatic carbocycles. The fourth-order valence-electron chi connectivity index (χ4n) is 4.84. The summed E-state index contributed by atoms with van der Waals surface area (Å²) in [5.74, 6) is 0.637. The molecule has 0 radical (unpaired) electrons. The predicted molar refractivity (Wildman–Crippen MR) is 131 cm³/mol. The number of nitrogens with zero attached hydrogens (tertiary/aromatic N) is 4. The second-order valence-electron chi connectivity index (χ2n) is 10.00. The normalized spacial score (nSPS) is 29.7. The van der Waals surface area contributed by atoms with Gasteiger partial charge in [-0.3, -0.25) is 0 Å². The van der Waals surface area contributed by atoms with E-state index in [1.165, 1.54) is 12.8 Å². The largest absolute Gasteiger partial charge is 0.367 e. The smallest absolute Gasteiger partial charge is 0.226 e. The monoisotopic (exact) mass is 515 g/mol. The molecule has 1 saturated carbocycles. The summed E-state index contributed by atoms with van der Waals surface area (Å²) in [6, 6.07) is 0.386. The maximum Gasteiger partial charge on any atom is 0.226 e. The highest BCUT2D eigenvalue weighted by molar-refractivity contribution is 8.05. The first kappa shape index (κ1) is 23.8. The Hall–Kier alpha value is -0.900. The molecule has 2 saturated heterocycles. The predicted octanol–water partition coefficient (Wildman–Crippen LogP) is 4.57. The van der Waals surface area contributed by atoms with E-state index < -0.39 is 19.2 Å². The summed E-state index contributed by atoms with van der Waals surface area (Å²) in [4.78, 5) is 8.92. The molecule has 9 nitrogen and oxygen atoms in total. The molecule has 3 aliphatic rings. The van der Waals surface area contributed by atoms with Crippen LogP contribution in [0.4, 0.5) is 5.82 Å². The van der Waals surface area contributed by atoms with Crippen molar-refractivity contribution in [3.8, 4) is 0 Å². The van der Waals surface area contributed by atoms with Crippen molar-refractivity contribution in [2.24, 2.45) is 0 Å². The number of ether oxygens (including phenoxy) is 3. The van der Waals surface area contributed by atoms with Gasteiger partial charge in [0.25, 0.3) is 0 Å². The summed E-state index contributed by atoms with van der Waals surface area (Å²) in [5.41, 5.74) is 1.20. The van der Waals surface area contributed by atoms with Crippen LogP contribution in [0.2, 0.25) is 5.28 Å². The van der Waals surface area contributed by atoms with E-state index in [0.717, 1.165) is 18.2 Å². The minimum atomic E-state index is -2.12. The molecule has 4 heterocycles. The van der Waals surface area contributed by atoms with Crippen molar-refractivity contribution in [1.82, 2.24) is 19.7 Å². The maximum absolute atomic E-state index is 12.1. The van der Waals surface area contributed by atoms with Crippen LogP contribution in [0.3, 0.4) is 0 Å². The number of rotatable bonds is 7. The molecule has 0 aromatic carbocycles. The third-order valence-electron chi connectivity index (χ3n) is 6.17. The Morgan fingerprint density at radius 3 is 2.70 bits per heavy atom. The summed E-state index contributed by atoms with van der Waals surface area (Å²) in [5, 5.41) is 9.11. The third kappa shape index (κ3) is 5.07. The first-order valence-electron chi connectivity index (χ1n) is 11.4. The summed E-state index contributed by atoms with van der Waals surface area (Å²) in [6.07, 6.45) is 5.11. The van der Waals surface area contributed by atoms with Crippen molar-refractivity contribution in [2.75, 3.05) is 29.9 Å². The van der Waals surface area contributed by atoms with E-state index in [4.69, 9.17) is 25.8 Å². The van der Waals surface area contributed by atoms with Crippen LogP contribution in [0.1, 0.15) is 45.8 Å². The van der Waals surface area contributed by atoms with E-state index >= 15 is 0 Å². The minimum Gasteiger partial charge on any atom is -0.367 e. The molecule has 0 unspecified atom stereocenters. The van der Waals surface area contributed by atoms with Crippen molar-refractivity contribution < 1.29 is 18.8 Å². The fourth-order valence-corrected chi connectivity index (χ4v) is 7.68. The Balaban J connectivity index is 1.43. The van der Waals surface area contributed by atoms with Gasteiger partial charge in [-0.2, -0.15) is 26.8 Å². The number of thioether (sulfide) groups is 1. The number of hydrogen-bond acceptors (Lipinski definition) is 9. The molecule has 0 spiro atoms. The van der Waals surface area contributed by atoms with Gasteiger partial charge in [0.2, 0.25) is 5.28 Å². The Labute approximate surface area is 203 Å². The van der Waals surface area contributed by atoms with E-state index in [1.54, 1.807) is 36.0 Å². The molecule has 0 amide bonds. The lowest BCUT2D eigenvalue weighted by Crippen LogP contribution is -2.31. The zero-order valence-corrected chi connectivity index (χ0v) is 21.8. The summed E-state index contributed by atoms with van der Waals surface area (Å²) < 4.78 is 32.7. The van der Waals surface area contributed by atoms with Gasteiger partial charge >= 0.3 is 0 Å². The van der Waals surface area contributed by atoms with Crippen LogP contribution in [0.5, 0.6) is 0 Å². The van der Waals surface area contributed by atoms with Gasteiger partial charge in [-0.05, 0) is 51.6 Å². The summed E-state index contributed by atoms with van der Waals surface area (Å²) in [6.45, 7) is 7.41. The molecule has 33 heavy (non-hydrogen) atoms. The quantitative estimate of drug-likeness (QED) is 0.420. The van der Waals surface area contributed by atoms with Crippen molar-refractivity contribution in [3.63, 3.8) is 0 Å². The van der Waals surface area contributed by atoms with Gasteiger partial charge in [0.15, 0.2) is 17.7 Å². The van der Waals surface area contributed by atoms with Crippen LogP contribution in [0.25, 0.3) is 11.0 Å². The molecule has 2 aromatic rings. The second-order valence-corrected chi connectivity index (χ2v) is 15.3. The van der Waals surface area contributed by atoms with Crippen LogP contribution in [0.15, 0.2) is 6.20 Å². The fraction of sp³-hybridized carbons (Fsp3) is 0.762. The number of hydrogen-bond donors (Lipinski definition) is 1. The van der Waals surface area contributed by atoms with Gasteiger partial charge in [0.05, 0.1) is 24.8 Å². The maximum atomic E-state index is 12.1. The van der Waals surface area contributed by atoms with Gasteiger partial charge in [0.1, 0.15) is 18.0 Å². The molecule has 4 atom stereocenters. The third-order valence-corrected chi connectivity index (χ3v) is 10.1. The van der Waals surface area contributed by atoms with Crippen LogP contribution in [-0.2, 0) is 18.8 Å². The van der Waals surface area contributed by atoms with E-state index in [1.807, 2.05) is 13.8 Å². The highest BCUT2D eigenvalue weighted by Gasteiger charge is 2.56. The molecule has 2 aliphatic heterocycles. The van der Waals surface area contributed by atoms with Crippen LogP contribution in [0, 0.1) is 0 Å². The summed E-state index contributed by atoms with van der Waals surface area (Å²) >= 11 is 7.93. The van der Waals surface area contributed by atoms with Gasteiger partial charge in [-0.15, -0.1) is 0 Å². The number of fused-ring (bicyclic) bond motifs is 2. The second kappa shape index (κ2) is 8.95. The topological polar surface area (TPSA) is 100 Å². The van der Waals surface area contributed by atoms with Gasteiger partial charge in [0, 0.05) is 17.3 Å². The number of halogens is 1. The highest BCUT2D eigenvalue weighted by Crippen LogP contribution is 2.46. The van der Waals surface area contributed by atoms with E-state index in [9.17, 15) is 4.57 Å². The van der Waals surface area contributed by atoms with Crippen molar-refractivity contribution in [1.29, 1.82) is 0 Å². The van der Waals surface area contributed by atoms with Crippen LogP contribution in [-0.4, -0.2) is 74.5 Å². The number of aromatic nitrogens is 4. The van der Waals surface area contributed by atoms with Crippen molar-refractivity contribution >= 4 is 47.4 Å². The Bertz CT molecular complexity index is 1070. The van der Waals surface area contributed by atoms with E-state index in [0.29, 0.717) is 28.8 Å². The van der Waals surface area contributed by atoms with E-state index in [2.05, 4.69) is 20.4 Å². The first-order chi connectivity index (χ1) is 15.6. The van der Waals surface area contributed by atoms with E-state index in [-0.39, 0.29) is 23.6 Å². The van der Waals surface area contributed by atoms with Gasteiger partial charge < -0.3 is 24.1 Å². The standard InChI is InChI=1S/C21H31ClN5O4PS/c1-21(2)30-15-14(10-33-11-32(3,4)28)29-19(16(15)31-21)27-18-13(9-23-27)17(25-20(22)26-18)24-12-7-5-6-8-12/h9,12,14-16,19H,5-8,10-11H2,1-4H3,(H,24,25,26)/t14-,15-,16-,19-/m1/s1. The lowest BCUT2D eigenvalue weighted by atomic mass is 10.1. The van der Waals surface area contributed by atoms with Crippen molar-refractivity contribution in [2.45, 2.75) is 75.9 Å². The number of anilines is 1.